The van der Waals surface area contributed by atoms with Crippen LogP contribution in [0.15, 0.2) is 0 Å². The second kappa shape index (κ2) is 8.33. The van der Waals surface area contributed by atoms with E-state index in [1.165, 1.54) is 0 Å². The minimum Gasteiger partial charge on any atom is -0.350 e. The van der Waals surface area contributed by atoms with Crippen LogP contribution in [0.2, 0.25) is 0 Å². The van der Waals surface area contributed by atoms with E-state index in [2.05, 4.69) is 11.6 Å². The molecule has 25 heavy (non-hydrogen) atoms. The predicted molar refractivity (Wildman–Crippen MR) is 93.3 cm³/mol. The first-order chi connectivity index (χ1) is 11.9. The Balaban J connectivity index is 1.43. The van der Waals surface area contributed by atoms with Crippen molar-refractivity contribution >= 4 is 15.9 Å². The van der Waals surface area contributed by atoms with E-state index < -0.39 is 15.8 Å². The molecule has 8 heteroatoms. The summed E-state index contributed by atoms with van der Waals surface area (Å²) in [5, 5.41) is 0. The fourth-order valence-corrected chi connectivity index (χ4v) is 5.33. The maximum absolute atomic E-state index is 12.4. The molecule has 7 nitrogen and oxygen atoms in total. The van der Waals surface area contributed by atoms with Crippen molar-refractivity contribution in [3.8, 4) is 0 Å². The van der Waals surface area contributed by atoms with Gasteiger partial charge in [-0.05, 0) is 44.4 Å². The van der Waals surface area contributed by atoms with Crippen molar-refractivity contribution in [1.82, 2.24) is 9.62 Å². The number of likely N-dealkylation sites (tertiary alicyclic amines) is 1. The molecule has 0 atom stereocenters. The van der Waals surface area contributed by atoms with Gasteiger partial charge in [-0.15, -0.1) is 0 Å². The summed E-state index contributed by atoms with van der Waals surface area (Å²) in [7, 11) is -3.57. The summed E-state index contributed by atoms with van der Waals surface area (Å²) in [6.45, 7) is 4.60. The van der Waals surface area contributed by atoms with Crippen LogP contribution in [0.25, 0.3) is 0 Å². The number of rotatable bonds is 5. The van der Waals surface area contributed by atoms with E-state index in [4.69, 9.17) is 9.47 Å². The van der Waals surface area contributed by atoms with Crippen LogP contribution in [0, 0.1) is 11.8 Å². The molecule has 1 saturated carbocycles. The summed E-state index contributed by atoms with van der Waals surface area (Å²) in [5.74, 6) is 0.213. The largest absolute Gasteiger partial charge is 0.350 e. The molecule has 0 bridgehead atoms. The van der Waals surface area contributed by atoms with E-state index in [-0.39, 0.29) is 18.2 Å². The number of nitrogens with zero attached hydrogens (tertiary/aromatic N) is 1. The fraction of sp³-hybridized carbons (Fsp3) is 0.941. The lowest BCUT2D eigenvalue weighted by molar-refractivity contribution is -0.134. The monoisotopic (exact) mass is 374 g/mol. The summed E-state index contributed by atoms with van der Waals surface area (Å²) >= 11 is 0. The zero-order valence-corrected chi connectivity index (χ0v) is 15.8. The SMILES string of the molecule is CC1CCC(NS(=O)(=O)CC(=O)N2CCC(C3OCCO3)CC2)CC1. The number of carbonyl (C=O) groups is 1. The summed E-state index contributed by atoms with van der Waals surface area (Å²) in [6.07, 6.45) is 5.24. The van der Waals surface area contributed by atoms with Crippen molar-refractivity contribution in [2.24, 2.45) is 11.8 Å². The molecule has 1 amide bonds. The number of amides is 1. The van der Waals surface area contributed by atoms with E-state index in [9.17, 15) is 13.2 Å². The minimum absolute atomic E-state index is 0.0172. The van der Waals surface area contributed by atoms with Crippen molar-refractivity contribution in [2.45, 2.75) is 57.8 Å². The van der Waals surface area contributed by atoms with Gasteiger partial charge in [-0.3, -0.25) is 4.79 Å². The molecule has 3 fully saturated rings. The fourth-order valence-electron chi connectivity index (χ4n) is 4.00. The van der Waals surface area contributed by atoms with E-state index in [1.54, 1.807) is 4.90 Å². The molecule has 3 rings (SSSR count). The summed E-state index contributed by atoms with van der Waals surface area (Å²) in [5.41, 5.74) is 0. The van der Waals surface area contributed by atoms with Gasteiger partial charge < -0.3 is 14.4 Å². The van der Waals surface area contributed by atoms with Crippen LogP contribution in [0.3, 0.4) is 0 Å². The van der Waals surface area contributed by atoms with Crippen molar-refractivity contribution in [2.75, 3.05) is 32.1 Å². The Morgan fingerprint density at radius 1 is 1.04 bits per heavy atom. The Morgan fingerprint density at radius 3 is 2.24 bits per heavy atom. The van der Waals surface area contributed by atoms with Gasteiger partial charge in [0.2, 0.25) is 15.9 Å². The molecular formula is C17H30N2O5S. The van der Waals surface area contributed by atoms with E-state index in [0.717, 1.165) is 38.5 Å². The molecule has 0 aromatic heterocycles. The molecule has 0 radical (unpaired) electrons. The number of hydrogen-bond acceptors (Lipinski definition) is 5. The molecule has 144 valence electrons. The second-order valence-corrected chi connectivity index (χ2v) is 9.42. The molecule has 3 aliphatic rings. The molecular weight excluding hydrogens is 344 g/mol. The molecule has 0 unspecified atom stereocenters. The predicted octanol–water partition coefficient (Wildman–Crippen LogP) is 1.10. The molecule has 0 aromatic carbocycles. The highest BCUT2D eigenvalue weighted by Crippen LogP contribution is 2.26. The Hall–Kier alpha value is -0.700. The Bertz CT molecular complexity index is 545. The maximum atomic E-state index is 12.4. The molecule has 1 aliphatic carbocycles. The van der Waals surface area contributed by atoms with Crippen molar-refractivity contribution in [1.29, 1.82) is 0 Å². The van der Waals surface area contributed by atoms with Gasteiger partial charge in [-0.25, -0.2) is 13.1 Å². The molecule has 2 heterocycles. The first kappa shape index (κ1) is 19.1. The van der Waals surface area contributed by atoms with Gasteiger partial charge in [-0.2, -0.15) is 0 Å². The number of carbonyl (C=O) groups excluding carboxylic acids is 1. The standard InChI is InChI=1S/C17H30N2O5S/c1-13-2-4-15(5-3-13)18-25(21,22)12-16(20)19-8-6-14(7-9-19)17-23-10-11-24-17/h13-15,17-18H,2-12H2,1H3. The Labute approximate surface area is 150 Å². The zero-order chi connectivity index (χ0) is 17.9. The highest BCUT2D eigenvalue weighted by Gasteiger charge is 2.33. The average Bonchev–Trinajstić information content (AvgIpc) is 3.11. The normalized spacial score (nSPS) is 29.9. The van der Waals surface area contributed by atoms with Crippen LogP contribution in [0.4, 0.5) is 0 Å². The van der Waals surface area contributed by atoms with Gasteiger partial charge in [0.15, 0.2) is 6.29 Å². The third-order valence-corrected chi connectivity index (χ3v) is 6.92. The van der Waals surface area contributed by atoms with Crippen LogP contribution >= 0.6 is 0 Å². The van der Waals surface area contributed by atoms with Crippen molar-refractivity contribution in [3.05, 3.63) is 0 Å². The average molecular weight is 375 g/mol. The van der Waals surface area contributed by atoms with Gasteiger partial charge in [0.1, 0.15) is 5.75 Å². The van der Waals surface area contributed by atoms with Gasteiger partial charge in [0, 0.05) is 25.0 Å². The Morgan fingerprint density at radius 2 is 1.64 bits per heavy atom. The van der Waals surface area contributed by atoms with Crippen LogP contribution < -0.4 is 4.72 Å². The molecule has 0 spiro atoms. The summed E-state index contributed by atoms with van der Waals surface area (Å²) in [4.78, 5) is 14.0. The number of sulfonamides is 1. The lowest BCUT2D eigenvalue weighted by atomic mass is 9.88. The van der Waals surface area contributed by atoms with Gasteiger partial charge in [-0.1, -0.05) is 6.92 Å². The molecule has 0 aromatic rings. The number of piperidine rings is 1. The van der Waals surface area contributed by atoms with Gasteiger partial charge in [0.05, 0.1) is 13.2 Å². The quantitative estimate of drug-likeness (QED) is 0.779. The van der Waals surface area contributed by atoms with Gasteiger partial charge in [0.25, 0.3) is 0 Å². The lowest BCUT2D eigenvalue weighted by Crippen LogP contribution is -2.46. The number of ether oxygens (including phenoxy) is 2. The van der Waals surface area contributed by atoms with Crippen LogP contribution in [-0.2, 0) is 24.3 Å². The Kier molecular flexibility index (Phi) is 6.35. The van der Waals surface area contributed by atoms with Crippen LogP contribution in [-0.4, -0.2) is 63.6 Å². The van der Waals surface area contributed by atoms with E-state index >= 15 is 0 Å². The lowest BCUT2D eigenvalue weighted by Gasteiger charge is -2.34. The molecule has 2 aliphatic heterocycles. The third kappa shape index (κ3) is 5.39. The first-order valence-corrected chi connectivity index (χ1v) is 11.1. The maximum Gasteiger partial charge on any atom is 0.239 e. The highest BCUT2D eigenvalue weighted by atomic mass is 32.2. The summed E-state index contributed by atoms with van der Waals surface area (Å²) in [6, 6.07) is -0.0172. The topological polar surface area (TPSA) is 84.9 Å². The van der Waals surface area contributed by atoms with E-state index in [1.807, 2.05) is 0 Å². The minimum atomic E-state index is -3.57. The second-order valence-electron chi connectivity index (χ2n) is 7.66. The van der Waals surface area contributed by atoms with Gasteiger partial charge >= 0.3 is 0 Å². The zero-order valence-electron chi connectivity index (χ0n) is 15.0. The van der Waals surface area contributed by atoms with E-state index in [0.29, 0.717) is 38.1 Å². The molecule has 2 saturated heterocycles. The van der Waals surface area contributed by atoms with Crippen molar-refractivity contribution in [3.63, 3.8) is 0 Å². The summed E-state index contributed by atoms with van der Waals surface area (Å²) < 4.78 is 38.4. The first-order valence-electron chi connectivity index (χ1n) is 9.44. The van der Waals surface area contributed by atoms with Crippen LogP contribution in [0.5, 0.6) is 0 Å². The van der Waals surface area contributed by atoms with Crippen LogP contribution in [0.1, 0.15) is 45.4 Å². The van der Waals surface area contributed by atoms with Crippen molar-refractivity contribution < 1.29 is 22.7 Å². The highest BCUT2D eigenvalue weighted by molar-refractivity contribution is 7.90. The molecule has 1 N–H and O–H groups in total. The number of hydrogen-bond donors (Lipinski definition) is 1. The third-order valence-electron chi connectivity index (χ3n) is 5.60. The smallest absolute Gasteiger partial charge is 0.239 e. The number of nitrogens with one attached hydrogen (secondary N) is 1.